The van der Waals surface area contributed by atoms with Crippen molar-refractivity contribution in [2.24, 2.45) is 7.05 Å². The van der Waals surface area contributed by atoms with E-state index in [9.17, 15) is 0 Å². The molecule has 3 aromatic heterocycles. The zero-order valence-corrected chi connectivity index (χ0v) is 18.1. The molecular formula is C27H25N2O+. The van der Waals surface area contributed by atoms with Crippen LogP contribution in [0.15, 0.2) is 65.2 Å². The molecule has 5 aromatic rings. The third-order valence-electron chi connectivity index (χ3n) is 5.96. The van der Waals surface area contributed by atoms with Crippen molar-refractivity contribution < 1.29 is 8.98 Å². The predicted molar refractivity (Wildman–Crippen MR) is 123 cm³/mol. The van der Waals surface area contributed by atoms with Crippen LogP contribution >= 0.6 is 0 Å². The van der Waals surface area contributed by atoms with Gasteiger partial charge in [0.1, 0.15) is 7.05 Å². The van der Waals surface area contributed by atoms with E-state index in [0.29, 0.717) is 5.71 Å². The number of aryl methyl sites for hydroxylation is 5. The molecule has 3 heterocycles. The molecule has 0 unspecified atom stereocenters. The van der Waals surface area contributed by atoms with Gasteiger partial charge in [0.2, 0.25) is 11.4 Å². The monoisotopic (exact) mass is 393 g/mol. The normalized spacial score (nSPS) is 11.5. The molecule has 2 aromatic carbocycles. The van der Waals surface area contributed by atoms with Crippen LogP contribution in [0.2, 0.25) is 0 Å². The molecule has 148 valence electrons. The van der Waals surface area contributed by atoms with E-state index in [4.69, 9.17) is 4.42 Å². The fraction of sp³-hybridized carbons (Fsp3) is 0.185. The maximum atomic E-state index is 6.39. The van der Waals surface area contributed by atoms with Crippen LogP contribution in [-0.2, 0) is 7.05 Å². The summed E-state index contributed by atoms with van der Waals surface area (Å²) in [4.78, 5) is 4.65. The van der Waals surface area contributed by atoms with Crippen LogP contribution in [-0.4, -0.2) is 4.98 Å². The molecule has 0 fully saturated rings. The lowest BCUT2D eigenvalue weighted by Gasteiger charge is -2.11. The van der Waals surface area contributed by atoms with Crippen LogP contribution in [0, 0.1) is 27.7 Å². The van der Waals surface area contributed by atoms with Gasteiger partial charge in [-0.25, -0.2) is 9.55 Å². The number of furan rings is 1. The Balaban J connectivity index is 1.87. The van der Waals surface area contributed by atoms with E-state index in [1.807, 2.05) is 6.92 Å². The number of aromatic nitrogens is 2. The van der Waals surface area contributed by atoms with Crippen LogP contribution in [0.3, 0.4) is 0 Å². The van der Waals surface area contributed by atoms with Crippen LogP contribution in [0.4, 0.5) is 0 Å². The lowest BCUT2D eigenvalue weighted by molar-refractivity contribution is -0.660. The number of pyridine rings is 2. The summed E-state index contributed by atoms with van der Waals surface area (Å²) >= 11 is 0. The second-order valence-electron chi connectivity index (χ2n) is 8.23. The summed E-state index contributed by atoms with van der Waals surface area (Å²) in [5.74, 6) is 0. The summed E-state index contributed by atoms with van der Waals surface area (Å²) in [6, 6.07) is 19.3. The minimum Gasteiger partial charge on any atom is -0.437 e. The maximum Gasteiger partial charge on any atom is 0.227 e. The van der Waals surface area contributed by atoms with Crippen molar-refractivity contribution in [3.8, 4) is 22.4 Å². The van der Waals surface area contributed by atoms with E-state index < -0.39 is 0 Å². The van der Waals surface area contributed by atoms with Gasteiger partial charge in [0.05, 0.1) is 5.56 Å². The third kappa shape index (κ3) is 2.81. The van der Waals surface area contributed by atoms with Crippen molar-refractivity contribution in [1.29, 1.82) is 0 Å². The van der Waals surface area contributed by atoms with Gasteiger partial charge in [0.25, 0.3) is 0 Å². The summed E-state index contributed by atoms with van der Waals surface area (Å²) in [6.07, 6.45) is 2.20. The molecule has 0 bridgehead atoms. The second-order valence-corrected chi connectivity index (χ2v) is 8.23. The molecule has 0 aliphatic heterocycles. The molecule has 0 radical (unpaired) electrons. The van der Waals surface area contributed by atoms with E-state index >= 15 is 0 Å². The van der Waals surface area contributed by atoms with Gasteiger partial charge in [0.15, 0.2) is 11.8 Å². The fourth-order valence-corrected chi connectivity index (χ4v) is 4.56. The highest BCUT2D eigenvalue weighted by molar-refractivity contribution is 6.10. The van der Waals surface area contributed by atoms with Crippen LogP contribution in [0.25, 0.3) is 44.5 Å². The van der Waals surface area contributed by atoms with E-state index in [2.05, 4.69) is 98.2 Å². The Morgan fingerprint density at radius 2 is 1.60 bits per heavy atom. The fourth-order valence-electron chi connectivity index (χ4n) is 4.56. The molecule has 0 aliphatic rings. The molecule has 0 amide bonds. The Hall–Kier alpha value is -3.46. The maximum absolute atomic E-state index is 6.39. The molecular weight excluding hydrogens is 368 g/mol. The van der Waals surface area contributed by atoms with E-state index in [-0.39, 0.29) is 0 Å². The first kappa shape index (κ1) is 18.6. The summed E-state index contributed by atoms with van der Waals surface area (Å²) in [5.41, 5.74) is 11.0. The highest BCUT2D eigenvalue weighted by atomic mass is 16.3. The first-order chi connectivity index (χ1) is 14.4. The predicted octanol–water partition coefficient (Wildman–Crippen LogP) is 6.37. The number of hydrogen-bond acceptors (Lipinski definition) is 2. The smallest absolute Gasteiger partial charge is 0.227 e. The summed E-state index contributed by atoms with van der Waals surface area (Å²) < 4.78 is 8.59. The lowest BCUT2D eigenvalue weighted by atomic mass is 9.94. The Bertz CT molecular complexity index is 1430. The Labute approximate surface area is 176 Å². The first-order valence-corrected chi connectivity index (χ1v) is 10.3. The summed E-state index contributed by atoms with van der Waals surface area (Å²) in [7, 11) is 2.10. The van der Waals surface area contributed by atoms with Gasteiger partial charge in [-0.15, -0.1) is 0 Å². The van der Waals surface area contributed by atoms with Crippen molar-refractivity contribution in [2.45, 2.75) is 27.7 Å². The molecule has 0 aliphatic carbocycles. The highest BCUT2D eigenvalue weighted by Crippen LogP contribution is 2.39. The molecule has 30 heavy (non-hydrogen) atoms. The number of rotatable bonds is 2. The third-order valence-corrected chi connectivity index (χ3v) is 5.96. The number of fused-ring (bicyclic) bond motifs is 3. The SMILES string of the molecule is Cc1ccc2c(n1)oc1c(-c3cc(-c4ccccc4)c(C)c[n+]3C)c(C)cc(C)c12. The number of nitrogens with zero attached hydrogens (tertiary/aromatic N) is 2. The molecule has 0 N–H and O–H groups in total. The van der Waals surface area contributed by atoms with Crippen molar-refractivity contribution in [3.63, 3.8) is 0 Å². The Morgan fingerprint density at radius 3 is 2.37 bits per heavy atom. The number of benzene rings is 2. The number of hydrogen-bond donors (Lipinski definition) is 0. The molecule has 5 rings (SSSR count). The molecule has 3 heteroatoms. The molecule has 0 spiro atoms. The minimum absolute atomic E-state index is 0.706. The standard InChI is InChI=1S/C27H25N2O/c1-16-13-17(2)25(26-24(16)21-12-11-19(4)28-27(21)30-26)23-14-22(18(3)15-29(23)5)20-9-7-6-8-10-20/h6-15H,1-5H3/q+1. The van der Waals surface area contributed by atoms with Crippen LogP contribution in [0.1, 0.15) is 22.4 Å². The Kier molecular flexibility index (Phi) is 4.21. The average Bonchev–Trinajstić information content (AvgIpc) is 3.08. The van der Waals surface area contributed by atoms with Crippen molar-refractivity contribution in [2.75, 3.05) is 0 Å². The Morgan fingerprint density at radius 1 is 0.833 bits per heavy atom. The molecule has 0 saturated carbocycles. The van der Waals surface area contributed by atoms with E-state index in [0.717, 1.165) is 33.3 Å². The summed E-state index contributed by atoms with van der Waals surface area (Å²) in [5, 5.41) is 2.23. The van der Waals surface area contributed by atoms with Gasteiger partial charge in [-0.3, -0.25) is 0 Å². The molecule has 0 saturated heterocycles. The highest BCUT2D eigenvalue weighted by Gasteiger charge is 2.24. The topological polar surface area (TPSA) is 29.9 Å². The van der Waals surface area contributed by atoms with Gasteiger partial charge in [-0.1, -0.05) is 36.4 Å². The van der Waals surface area contributed by atoms with E-state index in [1.165, 1.54) is 27.8 Å². The average molecular weight is 394 g/mol. The molecule has 0 atom stereocenters. The van der Waals surface area contributed by atoms with Gasteiger partial charge in [0, 0.05) is 28.1 Å². The zero-order valence-electron chi connectivity index (χ0n) is 18.1. The first-order valence-electron chi connectivity index (χ1n) is 10.3. The van der Waals surface area contributed by atoms with Gasteiger partial charge >= 0.3 is 0 Å². The van der Waals surface area contributed by atoms with Gasteiger partial charge in [-0.2, -0.15) is 0 Å². The molecule has 3 nitrogen and oxygen atoms in total. The van der Waals surface area contributed by atoms with Crippen molar-refractivity contribution >= 4 is 22.1 Å². The zero-order chi connectivity index (χ0) is 21.0. The lowest BCUT2D eigenvalue weighted by Crippen LogP contribution is -2.31. The van der Waals surface area contributed by atoms with Gasteiger partial charge < -0.3 is 4.42 Å². The van der Waals surface area contributed by atoms with Crippen LogP contribution in [0.5, 0.6) is 0 Å². The van der Waals surface area contributed by atoms with Gasteiger partial charge in [-0.05, 0) is 62.1 Å². The van der Waals surface area contributed by atoms with Crippen LogP contribution < -0.4 is 4.57 Å². The largest absolute Gasteiger partial charge is 0.437 e. The van der Waals surface area contributed by atoms with E-state index in [1.54, 1.807) is 0 Å². The minimum atomic E-state index is 0.706. The van der Waals surface area contributed by atoms with Crippen molar-refractivity contribution in [3.05, 3.63) is 83.2 Å². The second kappa shape index (κ2) is 6.81. The summed E-state index contributed by atoms with van der Waals surface area (Å²) in [6.45, 7) is 8.48. The quantitative estimate of drug-likeness (QED) is 0.326. The van der Waals surface area contributed by atoms with Crippen molar-refractivity contribution in [1.82, 2.24) is 4.98 Å².